The van der Waals surface area contributed by atoms with E-state index in [4.69, 9.17) is 11.6 Å². The molecule has 5 heteroatoms. The predicted molar refractivity (Wildman–Crippen MR) is 100 cm³/mol. The highest BCUT2D eigenvalue weighted by Gasteiger charge is 2.11. The third kappa shape index (κ3) is 3.52. The summed E-state index contributed by atoms with van der Waals surface area (Å²) in [5, 5.41) is 0.654. The molecule has 0 fully saturated rings. The molecule has 0 spiro atoms. The van der Waals surface area contributed by atoms with Crippen LogP contribution in [0.3, 0.4) is 0 Å². The van der Waals surface area contributed by atoms with Gasteiger partial charge in [-0.1, -0.05) is 23.6 Å². The van der Waals surface area contributed by atoms with Crippen molar-refractivity contribution in [1.82, 2.24) is 14.1 Å². The third-order valence-electron chi connectivity index (χ3n) is 4.00. The number of aryl methyl sites for hydroxylation is 2. The second-order valence-corrected chi connectivity index (χ2v) is 6.13. The first-order chi connectivity index (χ1) is 12.0. The average molecular weight is 352 g/mol. The Hall–Kier alpha value is -2.77. The van der Waals surface area contributed by atoms with Gasteiger partial charge in [-0.3, -0.25) is 9.36 Å². The molecule has 0 saturated heterocycles. The maximum absolute atomic E-state index is 12.1. The maximum atomic E-state index is 12.1. The fourth-order valence-corrected chi connectivity index (χ4v) is 2.93. The second-order valence-electron chi connectivity index (χ2n) is 5.70. The first-order valence-corrected chi connectivity index (χ1v) is 8.41. The first kappa shape index (κ1) is 17.1. The monoisotopic (exact) mass is 351 g/mol. The molecule has 3 rings (SSSR count). The van der Waals surface area contributed by atoms with E-state index < -0.39 is 0 Å². The van der Waals surface area contributed by atoms with Gasteiger partial charge in [0, 0.05) is 29.4 Å². The van der Waals surface area contributed by atoms with E-state index in [1.807, 2.05) is 55.7 Å². The zero-order valence-electron chi connectivity index (χ0n) is 14.4. The largest absolute Gasteiger partial charge is 0.316 e. The number of imidazole rings is 1. The van der Waals surface area contributed by atoms with Gasteiger partial charge in [0.1, 0.15) is 11.5 Å². The molecule has 0 N–H and O–H groups in total. The molecule has 0 bridgehead atoms. The molecular weight excluding hydrogens is 334 g/mol. The number of hydrogen-bond acceptors (Lipinski definition) is 2. The number of nitrogens with zero attached hydrogens (tertiary/aromatic N) is 3. The van der Waals surface area contributed by atoms with Crippen molar-refractivity contribution < 1.29 is 0 Å². The molecule has 0 radical (unpaired) electrons. The Bertz CT molecular complexity index is 1050. The predicted octanol–water partition coefficient (Wildman–Crippen LogP) is 3.72. The molecule has 0 aliphatic heterocycles. The van der Waals surface area contributed by atoms with Crippen LogP contribution in [0.2, 0.25) is 5.02 Å². The van der Waals surface area contributed by atoms with Crippen molar-refractivity contribution in [2.45, 2.75) is 27.3 Å². The fourth-order valence-electron chi connectivity index (χ4n) is 2.74. The number of hydrogen-bond donors (Lipinski definition) is 0. The zero-order chi connectivity index (χ0) is 18.0. The SMILES string of the molecule is CCn1ccc(-n2c(C)nc(C#Cc3cccc(Cl)c3)c2C)cc1=O. The van der Waals surface area contributed by atoms with Crippen molar-refractivity contribution in [3.05, 3.63) is 80.7 Å². The van der Waals surface area contributed by atoms with Crippen molar-refractivity contribution in [2.75, 3.05) is 0 Å². The normalized spacial score (nSPS) is 10.4. The summed E-state index contributed by atoms with van der Waals surface area (Å²) in [6, 6.07) is 10.9. The molecule has 4 nitrogen and oxygen atoms in total. The van der Waals surface area contributed by atoms with Crippen LogP contribution in [0.1, 0.15) is 29.7 Å². The van der Waals surface area contributed by atoms with Gasteiger partial charge in [-0.25, -0.2) is 4.98 Å². The minimum absolute atomic E-state index is 0.0286. The number of aromatic nitrogens is 3. The summed E-state index contributed by atoms with van der Waals surface area (Å²) in [5.74, 6) is 6.98. The Balaban J connectivity index is 2.02. The second kappa shape index (κ2) is 7.00. The highest BCUT2D eigenvalue weighted by atomic mass is 35.5. The molecule has 0 atom stereocenters. The van der Waals surface area contributed by atoms with Crippen LogP contribution in [0.25, 0.3) is 5.69 Å². The van der Waals surface area contributed by atoms with Crippen molar-refractivity contribution in [1.29, 1.82) is 0 Å². The Morgan fingerprint density at radius 2 is 1.96 bits per heavy atom. The summed E-state index contributed by atoms with van der Waals surface area (Å²) in [4.78, 5) is 16.6. The van der Waals surface area contributed by atoms with E-state index in [1.165, 1.54) is 0 Å². The van der Waals surface area contributed by atoms with Crippen molar-refractivity contribution in [3.8, 4) is 17.5 Å². The van der Waals surface area contributed by atoms with Crippen LogP contribution in [-0.2, 0) is 6.54 Å². The van der Waals surface area contributed by atoms with E-state index in [0.717, 1.165) is 22.8 Å². The van der Waals surface area contributed by atoms with Crippen molar-refractivity contribution >= 4 is 11.6 Å². The van der Waals surface area contributed by atoms with Gasteiger partial charge in [-0.05, 0) is 51.0 Å². The quantitative estimate of drug-likeness (QED) is 0.660. The minimum atomic E-state index is -0.0286. The number of rotatable bonds is 2. The van der Waals surface area contributed by atoms with Crippen molar-refractivity contribution in [3.63, 3.8) is 0 Å². The average Bonchev–Trinajstić information content (AvgIpc) is 2.87. The third-order valence-corrected chi connectivity index (χ3v) is 4.24. The molecule has 126 valence electrons. The summed E-state index contributed by atoms with van der Waals surface area (Å²) in [6.45, 7) is 6.45. The van der Waals surface area contributed by atoms with E-state index in [0.29, 0.717) is 17.3 Å². The van der Waals surface area contributed by atoms with Gasteiger partial charge in [0.25, 0.3) is 5.56 Å². The van der Waals surface area contributed by atoms with E-state index in [1.54, 1.807) is 16.8 Å². The van der Waals surface area contributed by atoms with Crippen LogP contribution in [0.4, 0.5) is 0 Å². The van der Waals surface area contributed by atoms with Gasteiger partial charge in [0.15, 0.2) is 0 Å². The van der Waals surface area contributed by atoms with Crippen LogP contribution in [0.15, 0.2) is 47.4 Å². The van der Waals surface area contributed by atoms with Crippen LogP contribution in [0.5, 0.6) is 0 Å². The Kier molecular flexibility index (Phi) is 4.78. The van der Waals surface area contributed by atoms with Gasteiger partial charge in [-0.2, -0.15) is 0 Å². The van der Waals surface area contributed by atoms with Gasteiger partial charge >= 0.3 is 0 Å². The zero-order valence-corrected chi connectivity index (χ0v) is 15.1. The molecule has 2 aromatic heterocycles. The highest BCUT2D eigenvalue weighted by molar-refractivity contribution is 6.30. The van der Waals surface area contributed by atoms with Gasteiger partial charge < -0.3 is 4.57 Å². The molecule has 25 heavy (non-hydrogen) atoms. The molecule has 0 aliphatic carbocycles. The lowest BCUT2D eigenvalue weighted by Gasteiger charge is -2.09. The molecule has 2 heterocycles. The van der Waals surface area contributed by atoms with E-state index in [2.05, 4.69) is 16.8 Å². The molecule has 0 aliphatic rings. The molecule has 0 amide bonds. The summed E-state index contributed by atoms with van der Waals surface area (Å²) in [5.41, 5.74) is 3.20. The Labute approximate surface area is 151 Å². The lowest BCUT2D eigenvalue weighted by Crippen LogP contribution is -2.18. The maximum Gasteiger partial charge on any atom is 0.252 e. The van der Waals surface area contributed by atoms with Gasteiger partial charge in [-0.15, -0.1) is 0 Å². The molecule has 1 aromatic carbocycles. The smallest absolute Gasteiger partial charge is 0.252 e. The minimum Gasteiger partial charge on any atom is -0.316 e. The number of pyridine rings is 1. The van der Waals surface area contributed by atoms with Crippen molar-refractivity contribution in [2.24, 2.45) is 0 Å². The fraction of sp³-hybridized carbons (Fsp3) is 0.200. The van der Waals surface area contributed by atoms with Crippen LogP contribution >= 0.6 is 11.6 Å². The van der Waals surface area contributed by atoms with Crippen LogP contribution < -0.4 is 5.56 Å². The summed E-state index contributed by atoms with van der Waals surface area (Å²) >= 11 is 5.99. The summed E-state index contributed by atoms with van der Waals surface area (Å²) < 4.78 is 3.61. The first-order valence-electron chi connectivity index (χ1n) is 8.04. The number of halogens is 1. The lowest BCUT2D eigenvalue weighted by atomic mass is 10.2. The molecule has 0 unspecified atom stereocenters. The molecule has 0 saturated carbocycles. The summed E-state index contributed by atoms with van der Waals surface area (Å²) in [7, 11) is 0. The summed E-state index contributed by atoms with van der Waals surface area (Å²) in [6.07, 6.45) is 1.80. The highest BCUT2D eigenvalue weighted by Crippen LogP contribution is 2.16. The Morgan fingerprint density at radius 3 is 2.64 bits per heavy atom. The van der Waals surface area contributed by atoms with Gasteiger partial charge in [0.2, 0.25) is 0 Å². The topological polar surface area (TPSA) is 39.8 Å². The number of benzene rings is 1. The van der Waals surface area contributed by atoms with Crippen LogP contribution in [0, 0.1) is 25.7 Å². The molecule has 3 aromatic rings. The molecular formula is C20H18ClN3O. The van der Waals surface area contributed by atoms with E-state index in [9.17, 15) is 4.79 Å². The lowest BCUT2D eigenvalue weighted by molar-refractivity contribution is 0.723. The van der Waals surface area contributed by atoms with Gasteiger partial charge in [0.05, 0.1) is 11.4 Å². The van der Waals surface area contributed by atoms with Crippen LogP contribution in [-0.4, -0.2) is 14.1 Å². The standard InChI is InChI=1S/C20H18ClN3O/c1-4-23-11-10-18(13-20(23)25)24-14(2)19(22-15(24)3)9-8-16-6-5-7-17(21)12-16/h5-7,10-13H,4H2,1-3H3. The van der Waals surface area contributed by atoms with E-state index in [-0.39, 0.29) is 5.56 Å². The Morgan fingerprint density at radius 1 is 1.16 bits per heavy atom. The van der Waals surface area contributed by atoms with E-state index >= 15 is 0 Å².